The molecule has 0 heterocycles. The van der Waals surface area contributed by atoms with Gasteiger partial charge in [0, 0.05) is 11.4 Å². The molecule has 0 aromatic heterocycles. The fraction of sp³-hybridized carbons (Fsp3) is 0.107. The second-order valence-corrected chi connectivity index (χ2v) is 7.45. The Bertz CT molecular complexity index is 1130. The third kappa shape index (κ3) is 5.99. The predicted octanol–water partition coefficient (Wildman–Crippen LogP) is 6.69. The summed E-state index contributed by atoms with van der Waals surface area (Å²) in [7, 11) is 0. The zero-order valence-electron chi connectivity index (χ0n) is 17.8. The summed E-state index contributed by atoms with van der Waals surface area (Å²) < 4.78 is 5.84. The van der Waals surface area contributed by atoms with Crippen molar-refractivity contribution in [2.45, 2.75) is 12.8 Å². The fourth-order valence-electron chi connectivity index (χ4n) is 3.41. The molecule has 1 amide bonds. The van der Waals surface area contributed by atoms with Gasteiger partial charge in [0.2, 0.25) is 0 Å². The summed E-state index contributed by atoms with van der Waals surface area (Å²) in [5, 5.41) is 6.27. The Balaban J connectivity index is 1.31. The van der Waals surface area contributed by atoms with Gasteiger partial charge in [0.05, 0.1) is 17.9 Å². The van der Waals surface area contributed by atoms with E-state index in [2.05, 4.69) is 34.9 Å². The standard InChI is InChI=1S/C28H26N2O2/c31-28(26-15-7-8-16-27(26)29-23-13-5-2-6-14-23)30-24-17-19-25(20-18-24)32-21-9-12-22-10-3-1-4-11-22/h1-8,10-11,13-20,29H,9,12,21H2,(H,30,31). The highest BCUT2D eigenvalue weighted by atomic mass is 16.5. The third-order valence-electron chi connectivity index (χ3n) is 5.06. The molecule has 0 radical (unpaired) electrons. The van der Waals surface area contributed by atoms with Crippen LogP contribution in [0.5, 0.6) is 5.75 Å². The molecule has 0 aliphatic rings. The molecule has 0 unspecified atom stereocenters. The van der Waals surface area contributed by atoms with Crippen LogP contribution in [0.15, 0.2) is 109 Å². The van der Waals surface area contributed by atoms with E-state index in [1.807, 2.05) is 84.9 Å². The van der Waals surface area contributed by atoms with E-state index in [9.17, 15) is 4.79 Å². The molecule has 2 N–H and O–H groups in total. The molecule has 4 heteroatoms. The maximum atomic E-state index is 12.9. The third-order valence-corrected chi connectivity index (χ3v) is 5.06. The van der Waals surface area contributed by atoms with Crippen LogP contribution in [0.4, 0.5) is 17.1 Å². The summed E-state index contributed by atoms with van der Waals surface area (Å²) in [6.45, 7) is 0.652. The minimum Gasteiger partial charge on any atom is -0.494 e. The first kappa shape index (κ1) is 21.2. The number of benzene rings is 4. The van der Waals surface area contributed by atoms with E-state index < -0.39 is 0 Å². The lowest BCUT2D eigenvalue weighted by atomic mass is 10.1. The van der Waals surface area contributed by atoms with Crippen LogP contribution < -0.4 is 15.4 Å². The van der Waals surface area contributed by atoms with E-state index in [0.29, 0.717) is 12.2 Å². The van der Waals surface area contributed by atoms with Gasteiger partial charge in [-0.1, -0.05) is 60.7 Å². The number of aryl methyl sites for hydroxylation is 1. The van der Waals surface area contributed by atoms with E-state index in [-0.39, 0.29) is 5.91 Å². The molecular weight excluding hydrogens is 396 g/mol. The Hall–Kier alpha value is -4.05. The molecule has 160 valence electrons. The van der Waals surface area contributed by atoms with Crippen molar-refractivity contribution in [2.75, 3.05) is 17.2 Å². The zero-order chi connectivity index (χ0) is 22.0. The molecule has 4 aromatic carbocycles. The fourth-order valence-corrected chi connectivity index (χ4v) is 3.41. The van der Waals surface area contributed by atoms with Crippen molar-refractivity contribution in [1.82, 2.24) is 0 Å². The normalized spacial score (nSPS) is 10.4. The van der Waals surface area contributed by atoms with E-state index in [4.69, 9.17) is 4.74 Å². The molecule has 0 aliphatic heterocycles. The Morgan fingerprint density at radius 1 is 0.688 bits per heavy atom. The van der Waals surface area contributed by atoms with Crippen LogP contribution in [0.2, 0.25) is 0 Å². The summed E-state index contributed by atoms with van der Waals surface area (Å²) in [5.41, 5.74) is 4.31. The lowest BCUT2D eigenvalue weighted by molar-refractivity contribution is 0.102. The molecule has 4 nitrogen and oxygen atoms in total. The molecule has 0 aliphatic carbocycles. The second-order valence-electron chi connectivity index (χ2n) is 7.45. The number of para-hydroxylation sites is 2. The van der Waals surface area contributed by atoms with Crippen molar-refractivity contribution < 1.29 is 9.53 Å². The lowest BCUT2D eigenvalue weighted by Gasteiger charge is -2.13. The monoisotopic (exact) mass is 422 g/mol. The summed E-state index contributed by atoms with van der Waals surface area (Å²) >= 11 is 0. The average Bonchev–Trinajstić information content (AvgIpc) is 2.84. The summed E-state index contributed by atoms with van der Waals surface area (Å²) in [6, 6.07) is 35.2. The maximum absolute atomic E-state index is 12.9. The number of anilines is 3. The summed E-state index contributed by atoms with van der Waals surface area (Å²) in [6.07, 6.45) is 1.94. The molecule has 0 saturated carbocycles. The van der Waals surface area contributed by atoms with Crippen molar-refractivity contribution >= 4 is 23.0 Å². The van der Waals surface area contributed by atoms with Crippen molar-refractivity contribution in [3.05, 3.63) is 120 Å². The molecule has 4 aromatic rings. The highest BCUT2D eigenvalue weighted by molar-refractivity contribution is 6.08. The molecule has 4 rings (SSSR count). The van der Waals surface area contributed by atoms with E-state index in [1.54, 1.807) is 0 Å². The number of rotatable bonds is 9. The van der Waals surface area contributed by atoms with Gasteiger partial charge < -0.3 is 15.4 Å². The second kappa shape index (κ2) is 10.8. The van der Waals surface area contributed by atoms with Gasteiger partial charge in [-0.25, -0.2) is 0 Å². The number of carbonyl (C=O) groups excluding carboxylic acids is 1. The SMILES string of the molecule is O=C(Nc1ccc(OCCCc2ccccc2)cc1)c1ccccc1Nc1ccccc1. The Kier molecular flexibility index (Phi) is 7.17. The van der Waals surface area contributed by atoms with E-state index >= 15 is 0 Å². The highest BCUT2D eigenvalue weighted by Crippen LogP contribution is 2.23. The molecule has 0 spiro atoms. The van der Waals surface area contributed by atoms with Gasteiger partial charge in [-0.3, -0.25) is 4.79 Å². The number of hydrogen-bond donors (Lipinski definition) is 2. The van der Waals surface area contributed by atoms with Crippen molar-refractivity contribution in [1.29, 1.82) is 0 Å². The van der Waals surface area contributed by atoms with Gasteiger partial charge in [0.25, 0.3) is 5.91 Å². The molecule has 0 bridgehead atoms. The minimum atomic E-state index is -0.166. The largest absolute Gasteiger partial charge is 0.494 e. The highest BCUT2D eigenvalue weighted by Gasteiger charge is 2.11. The van der Waals surface area contributed by atoms with Crippen LogP contribution in [0.1, 0.15) is 22.3 Å². The van der Waals surface area contributed by atoms with Crippen molar-refractivity contribution in [2.24, 2.45) is 0 Å². The van der Waals surface area contributed by atoms with Gasteiger partial charge in [0.1, 0.15) is 5.75 Å². The number of hydrogen-bond acceptors (Lipinski definition) is 3. The van der Waals surface area contributed by atoms with Gasteiger partial charge in [-0.2, -0.15) is 0 Å². The molecule has 0 saturated heterocycles. The topological polar surface area (TPSA) is 50.4 Å². The molecule has 32 heavy (non-hydrogen) atoms. The average molecular weight is 423 g/mol. The predicted molar refractivity (Wildman–Crippen MR) is 131 cm³/mol. The number of carbonyl (C=O) groups is 1. The first-order valence-electron chi connectivity index (χ1n) is 10.8. The van der Waals surface area contributed by atoms with Gasteiger partial charge in [-0.15, -0.1) is 0 Å². The Morgan fingerprint density at radius 2 is 1.34 bits per heavy atom. The molecule has 0 fully saturated rings. The van der Waals surface area contributed by atoms with Crippen molar-refractivity contribution in [3.63, 3.8) is 0 Å². The van der Waals surface area contributed by atoms with E-state index in [0.717, 1.165) is 35.7 Å². The minimum absolute atomic E-state index is 0.166. The first-order chi connectivity index (χ1) is 15.8. The quantitative estimate of drug-likeness (QED) is 0.295. The van der Waals surface area contributed by atoms with Gasteiger partial charge in [0.15, 0.2) is 0 Å². The molecular formula is C28H26N2O2. The number of nitrogens with one attached hydrogen (secondary N) is 2. The lowest BCUT2D eigenvalue weighted by Crippen LogP contribution is -2.13. The van der Waals surface area contributed by atoms with Crippen LogP contribution in [0.25, 0.3) is 0 Å². The number of ether oxygens (including phenoxy) is 1. The number of amides is 1. The molecule has 0 atom stereocenters. The van der Waals surface area contributed by atoms with Crippen LogP contribution in [-0.4, -0.2) is 12.5 Å². The smallest absolute Gasteiger partial charge is 0.257 e. The van der Waals surface area contributed by atoms with Crippen molar-refractivity contribution in [3.8, 4) is 5.75 Å². The summed E-state index contributed by atoms with van der Waals surface area (Å²) in [4.78, 5) is 12.9. The first-order valence-corrected chi connectivity index (χ1v) is 10.8. The van der Waals surface area contributed by atoms with Crippen LogP contribution >= 0.6 is 0 Å². The maximum Gasteiger partial charge on any atom is 0.257 e. The van der Waals surface area contributed by atoms with Crippen LogP contribution in [0, 0.1) is 0 Å². The van der Waals surface area contributed by atoms with Crippen LogP contribution in [-0.2, 0) is 6.42 Å². The Labute approximate surface area is 188 Å². The van der Waals surface area contributed by atoms with Gasteiger partial charge >= 0.3 is 0 Å². The Morgan fingerprint density at radius 3 is 2.09 bits per heavy atom. The zero-order valence-corrected chi connectivity index (χ0v) is 17.8. The van der Waals surface area contributed by atoms with Gasteiger partial charge in [-0.05, 0) is 66.9 Å². The summed E-state index contributed by atoms with van der Waals surface area (Å²) in [5.74, 6) is 0.628. The van der Waals surface area contributed by atoms with Crippen LogP contribution in [0.3, 0.4) is 0 Å². The van der Waals surface area contributed by atoms with E-state index in [1.165, 1.54) is 5.56 Å².